The van der Waals surface area contributed by atoms with Crippen molar-refractivity contribution in [2.75, 3.05) is 0 Å². The Bertz CT molecular complexity index is 423. The number of rotatable bonds is 1. The SMILES string of the molecule is O=C(O)C1=COc2cc(Br)ccc2C1. The first-order valence-corrected chi connectivity index (χ1v) is 4.83. The van der Waals surface area contributed by atoms with Gasteiger partial charge in [-0.25, -0.2) is 4.79 Å². The molecule has 0 aliphatic carbocycles. The maximum Gasteiger partial charge on any atom is 0.335 e. The zero-order valence-corrected chi connectivity index (χ0v) is 8.74. The molecule has 4 heteroatoms. The summed E-state index contributed by atoms with van der Waals surface area (Å²) in [6.07, 6.45) is 1.70. The second-order valence-electron chi connectivity index (χ2n) is 2.99. The summed E-state index contributed by atoms with van der Waals surface area (Å²) in [5.74, 6) is -0.219. The lowest BCUT2D eigenvalue weighted by Gasteiger charge is -2.14. The molecule has 0 spiro atoms. The maximum atomic E-state index is 10.7. The predicted molar refractivity (Wildman–Crippen MR) is 54.2 cm³/mol. The molecule has 14 heavy (non-hydrogen) atoms. The van der Waals surface area contributed by atoms with Gasteiger partial charge in [0.1, 0.15) is 12.0 Å². The molecule has 0 unspecified atom stereocenters. The molecule has 0 fully saturated rings. The fraction of sp³-hybridized carbons (Fsp3) is 0.100. The van der Waals surface area contributed by atoms with Crippen molar-refractivity contribution in [1.29, 1.82) is 0 Å². The molecule has 1 aliphatic rings. The summed E-state index contributed by atoms with van der Waals surface area (Å²) in [6, 6.07) is 5.55. The summed E-state index contributed by atoms with van der Waals surface area (Å²) < 4.78 is 6.13. The molecule has 0 atom stereocenters. The van der Waals surface area contributed by atoms with Crippen molar-refractivity contribution < 1.29 is 14.6 Å². The van der Waals surface area contributed by atoms with Crippen molar-refractivity contribution in [2.45, 2.75) is 6.42 Å². The van der Waals surface area contributed by atoms with Gasteiger partial charge in [-0.15, -0.1) is 0 Å². The van der Waals surface area contributed by atoms with Gasteiger partial charge >= 0.3 is 5.97 Å². The first kappa shape index (κ1) is 9.27. The molecule has 3 nitrogen and oxygen atoms in total. The normalized spacial score (nSPS) is 13.9. The van der Waals surface area contributed by atoms with Gasteiger partial charge in [-0.1, -0.05) is 22.0 Å². The van der Waals surface area contributed by atoms with E-state index in [9.17, 15) is 4.79 Å². The summed E-state index contributed by atoms with van der Waals surface area (Å²) in [4.78, 5) is 10.7. The molecular weight excluding hydrogens is 248 g/mol. The Labute approximate surface area is 89.1 Å². The van der Waals surface area contributed by atoms with Crippen LogP contribution in [0.4, 0.5) is 0 Å². The number of hydrogen-bond acceptors (Lipinski definition) is 2. The average Bonchev–Trinajstić information content (AvgIpc) is 2.16. The highest BCUT2D eigenvalue weighted by molar-refractivity contribution is 9.10. The van der Waals surface area contributed by atoms with Gasteiger partial charge < -0.3 is 9.84 Å². The topological polar surface area (TPSA) is 46.5 Å². The highest BCUT2D eigenvalue weighted by Gasteiger charge is 2.17. The van der Waals surface area contributed by atoms with E-state index in [1.54, 1.807) is 0 Å². The molecule has 1 aliphatic heterocycles. The fourth-order valence-electron chi connectivity index (χ4n) is 1.29. The zero-order chi connectivity index (χ0) is 10.1. The van der Waals surface area contributed by atoms with Gasteiger partial charge in [0.05, 0.1) is 5.57 Å². The van der Waals surface area contributed by atoms with E-state index in [0.29, 0.717) is 12.2 Å². The molecule has 2 rings (SSSR count). The number of halogens is 1. The van der Waals surface area contributed by atoms with Crippen LogP contribution in [0.2, 0.25) is 0 Å². The van der Waals surface area contributed by atoms with Crippen LogP contribution < -0.4 is 4.74 Å². The number of fused-ring (bicyclic) bond motifs is 1. The Morgan fingerprint density at radius 1 is 1.50 bits per heavy atom. The van der Waals surface area contributed by atoms with Crippen LogP contribution >= 0.6 is 15.9 Å². The van der Waals surface area contributed by atoms with Crippen LogP contribution in [0.25, 0.3) is 0 Å². The minimum atomic E-state index is -0.932. The van der Waals surface area contributed by atoms with Crippen molar-refractivity contribution in [3.8, 4) is 5.75 Å². The lowest BCUT2D eigenvalue weighted by molar-refractivity contribution is -0.132. The Morgan fingerprint density at radius 3 is 3.00 bits per heavy atom. The lowest BCUT2D eigenvalue weighted by atomic mass is 10.0. The molecule has 0 bridgehead atoms. The largest absolute Gasteiger partial charge is 0.478 e. The lowest BCUT2D eigenvalue weighted by Crippen LogP contribution is -2.10. The second kappa shape index (κ2) is 3.46. The van der Waals surface area contributed by atoms with E-state index in [4.69, 9.17) is 9.84 Å². The van der Waals surface area contributed by atoms with Crippen molar-refractivity contribution in [1.82, 2.24) is 0 Å². The van der Waals surface area contributed by atoms with Gasteiger partial charge in [-0.3, -0.25) is 0 Å². The van der Waals surface area contributed by atoms with Crippen LogP contribution in [0.5, 0.6) is 5.75 Å². The van der Waals surface area contributed by atoms with Crippen LogP contribution in [0, 0.1) is 0 Å². The van der Waals surface area contributed by atoms with Gasteiger partial charge in [0.15, 0.2) is 0 Å². The van der Waals surface area contributed by atoms with Crippen molar-refractivity contribution >= 4 is 21.9 Å². The summed E-state index contributed by atoms with van der Waals surface area (Å²) in [6.45, 7) is 0. The van der Waals surface area contributed by atoms with Crippen LogP contribution in [0.3, 0.4) is 0 Å². The van der Waals surface area contributed by atoms with E-state index >= 15 is 0 Å². The number of hydrogen-bond donors (Lipinski definition) is 1. The van der Waals surface area contributed by atoms with Gasteiger partial charge in [0.25, 0.3) is 0 Å². The molecule has 1 N–H and O–H groups in total. The van der Waals surface area contributed by atoms with Crippen molar-refractivity contribution in [3.63, 3.8) is 0 Å². The van der Waals surface area contributed by atoms with Gasteiger partial charge in [0.2, 0.25) is 0 Å². The molecular formula is C10H7BrO3. The van der Waals surface area contributed by atoms with E-state index in [1.807, 2.05) is 18.2 Å². The predicted octanol–water partition coefficient (Wildman–Crippen LogP) is 2.35. The fourth-order valence-corrected chi connectivity index (χ4v) is 1.63. The number of carboxylic acid groups (broad SMARTS) is 1. The zero-order valence-electron chi connectivity index (χ0n) is 7.16. The summed E-state index contributed by atoms with van der Waals surface area (Å²) in [5, 5.41) is 8.76. The number of carbonyl (C=O) groups is 1. The minimum Gasteiger partial charge on any atom is -0.478 e. The molecule has 1 aromatic carbocycles. The number of carboxylic acids is 1. The molecule has 0 saturated carbocycles. The minimum absolute atomic E-state index is 0.278. The molecule has 72 valence electrons. The molecule has 0 radical (unpaired) electrons. The Balaban J connectivity index is 2.34. The molecule has 0 amide bonds. The van der Waals surface area contributed by atoms with E-state index in [2.05, 4.69) is 15.9 Å². The highest BCUT2D eigenvalue weighted by Crippen LogP contribution is 2.29. The Morgan fingerprint density at radius 2 is 2.29 bits per heavy atom. The summed E-state index contributed by atoms with van der Waals surface area (Å²) in [5.41, 5.74) is 1.17. The van der Waals surface area contributed by atoms with Crippen LogP contribution in [0.15, 0.2) is 34.5 Å². The Hall–Kier alpha value is -1.29. The first-order valence-electron chi connectivity index (χ1n) is 4.04. The summed E-state index contributed by atoms with van der Waals surface area (Å²) in [7, 11) is 0. The van der Waals surface area contributed by atoms with Gasteiger partial charge in [-0.2, -0.15) is 0 Å². The first-order chi connectivity index (χ1) is 6.66. The molecule has 0 saturated heterocycles. The van der Waals surface area contributed by atoms with Crippen LogP contribution in [-0.4, -0.2) is 11.1 Å². The van der Waals surface area contributed by atoms with E-state index in [-0.39, 0.29) is 5.57 Å². The molecule has 1 aromatic rings. The molecule has 0 aromatic heterocycles. The van der Waals surface area contributed by atoms with Gasteiger partial charge in [-0.05, 0) is 17.7 Å². The number of aliphatic carboxylic acids is 1. The monoisotopic (exact) mass is 254 g/mol. The Kier molecular flexibility index (Phi) is 2.29. The average molecular weight is 255 g/mol. The third-order valence-corrected chi connectivity index (χ3v) is 2.51. The van der Waals surface area contributed by atoms with E-state index in [1.165, 1.54) is 6.26 Å². The second-order valence-corrected chi connectivity index (χ2v) is 3.91. The highest BCUT2D eigenvalue weighted by atomic mass is 79.9. The van der Waals surface area contributed by atoms with Crippen molar-refractivity contribution in [2.24, 2.45) is 0 Å². The van der Waals surface area contributed by atoms with E-state index in [0.717, 1.165) is 10.0 Å². The number of ether oxygens (including phenoxy) is 1. The smallest absolute Gasteiger partial charge is 0.335 e. The standard InChI is InChI=1S/C10H7BrO3/c11-8-2-1-6-3-7(10(12)13)5-14-9(6)4-8/h1-2,4-5H,3H2,(H,12,13). The quantitative estimate of drug-likeness (QED) is 0.837. The third-order valence-electron chi connectivity index (χ3n) is 2.01. The van der Waals surface area contributed by atoms with E-state index < -0.39 is 5.97 Å². The number of benzene rings is 1. The molecule has 1 heterocycles. The third kappa shape index (κ3) is 1.65. The van der Waals surface area contributed by atoms with Crippen molar-refractivity contribution in [3.05, 3.63) is 40.1 Å². The summed E-state index contributed by atoms with van der Waals surface area (Å²) >= 11 is 3.32. The maximum absolute atomic E-state index is 10.7. The van der Waals surface area contributed by atoms with Crippen LogP contribution in [-0.2, 0) is 11.2 Å². The van der Waals surface area contributed by atoms with Crippen LogP contribution in [0.1, 0.15) is 5.56 Å². The van der Waals surface area contributed by atoms with Gasteiger partial charge in [0, 0.05) is 10.9 Å².